The highest BCUT2D eigenvalue weighted by atomic mass is 16.5. The van der Waals surface area contributed by atoms with Crippen molar-refractivity contribution >= 4 is 17.5 Å². The highest BCUT2D eigenvalue weighted by Gasteiger charge is 2.28. The number of likely N-dealkylation sites (tertiary alicyclic amines) is 1. The number of carbonyl (C=O) groups excluding carboxylic acids is 2. The molecule has 1 saturated heterocycles. The summed E-state index contributed by atoms with van der Waals surface area (Å²) in [7, 11) is 1.77. The lowest BCUT2D eigenvalue weighted by Crippen LogP contribution is -2.39. The van der Waals surface area contributed by atoms with Crippen LogP contribution in [0.2, 0.25) is 0 Å². The van der Waals surface area contributed by atoms with Crippen LogP contribution in [0, 0.1) is 11.3 Å². The molecule has 2 N–H and O–H groups in total. The smallest absolute Gasteiger partial charge is 0.262 e. The quantitative estimate of drug-likeness (QED) is 0.717. The molecule has 2 aromatic rings. The SMILES string of the molecule is CN(C(=O)Cc1ccc2c(c1)NC(=O)CO2)[C@H](CN1CCC(O)C1)c1cccc(C#N)c1. The number of anilines is 1. The van der Waals surface area contributed by atoms with Crippen LogP contribution in [0.5, 0.6) is 5.75 Å². The average molecular weight is 434 g/mol. The Morgan fingerprint density at radius 1 is 1.38 bits per heavy atom. The van der Waals surface area contributed by atoms with Crippen molar-refractivity contribution in [1.29, 1.82) is 5.26 Å². The molecule has 2 atom stereocenters. The fraction of sp³-hybridized carbons (Fsp3) is 0.375. The summed E-state index contributed by atoms with van der Waals surface area (Å²) in [4.78, 5) is 28.7. The zero-order valence-electron chi connectivity index (χ0n) is 18.0. The zero-order valence-corrected chi connectivity index (χ0v) is 18.0. The Hall–Kier alpha value is -3.41. The summed E-state index contributed by atoms with van der Waals surface area (Å²) < 4.78 is 5.38. The first kappa shape index (κ1) is 21.8. The first-order chi connectivity index (χ1) is 15.4. The minimum Gasteiger partial charge on any atom is -0.482 e. The van der Waals surface area contributed by atoms with Gasteiger partial charge in [0, 0.05) is 26.7 Å². The van der Waals surface area contributed by atoms with Crippen LogP contribution in [-0.2, 0) is 16.0 Å². The number of nitrogens with one attached hydrogen (secondary N) is 1. The Morgan fingerprint density at radius 3 is 2.97 bits per heavy atom. The lowest BCUT2D eigenvalue weighted by atomic mass is 10.0. The second-order valence-corrected chi connectivity index (χ2v) is 8.30. The van der Waals surface area contributed by atoms with Gasteiger partial charge in [0.2, 0.25) is 5.91 Å². The standard InChI is InChI=1S/C24H26N4O4/c1-27(24(31)11-16-5-6-22-20(10-16)26-23(30)15-32-22)21(14-28-8-7-19(29)13-28)18-4-2-3-17(9-18)12-25/h2-6,9-10,19,21,29H,7-8,11,13-15H2,1H3,(H,26,30)/t19?,21-/m1/s1. The lowest BCUT2D eigenvalue weighted by Gasteiger charge is -2.32. The van der Waals surface area contributed by atoms with Gasteiger partial charge in [0.15, 0.2) is 6.61 Å². The number of benzene rings is 2. The number of ether oxygens (including phenoxy) is 1. The van der Waals surface area contributed by atoms with E-state index >= 15 is 0 Å². The summed E-state index contributed by atoms with van der Waals surface area (Å²) in [6.45, 7) is 1.90. The van der Waals surface area contributed by atoms with Gasteiger partial charge < -0.3 is 20.1 Å². The van der Waals surface area contributed by atoms with Crippen molar-refractivity contribution in [2.75, 3.05) is 38.6 Å². The van der Waals surface area contributed by atoms with Gasteiger partial charge in [0.25, 0.3) is 5.91 Å². The predicted octanol–water partition coefficient (Wildman–Crippen LogP) is 1.70. The molecule has 0 bridgehead atoms. The molecule has 0 saturated carbocycles. The third-order valence-electron chi connectivity index (χ3n) is 5.97. The number of rotatable bonds is 6. The largest absolute Gasteiger partial charge is 0.482 e. The van der Waals surface area contributed by atoms with E-state index in [-0.39, 0.29) is 37.0 Å². The lowest BCUT2D eigenvalue weighted by molar-refractivity contribution is -0.131. The number of carbonyl (C=O) groups is 2. The number of β-amino-alcohol motifs (C(OH)–C–C–N with tert-alkyl or cyclic N) is 1. The first-order valence-electron chi connectivity index (χ1n) is 10.6. The Labute approximate surface area is 187 Å². The second kappa shape index (κ2) is 9.39. The van der Waals surface area contributed by atoms with Crippen LogP contribution in [0.3, 0.4) is 0 Å². The van der Waals surface area contributed by atoms with Gasteiger partial charge in [-0.2, -0.15) is 5.26 Å². The van der Waals surface area contributed by atoms with E-state index in [1.54, 1.807) is 30.1 Å². The van der Waals surface area contributed by atoms with E-state index in [0.29, 0.717) is 36.5 Å². The van der Waals surface area contributed by atoms with Gasteiger partial charge in [-0.05, 0) is 41.8 Å². The molecule has 0 spiro atoms. The fourth-order valence-electron chi connectivity index (χ4n) is 4.20. The summed E-state index contributed by atoms with van der Waals surface area (Å²) in [5.74, 6) is 0.288. The monoisotopic (exact) mass is 434 g/mol. The third kappa shape index (κ3) is 4.90. The number of aliphatic hydroxyl groups excluding tert-OH is 1. The van der Waals surface area contributed by atoms with Gasteiger partial charge in [-0.3, -0.25) is 14.5 Å². The Kier molecular flexibility index (Phi) is 6.40. The van der Waals surface area contributed by atoms with Crippen molar-refractivity contribution < 1.29 is 19.4 Å². The van der Waals surface area contributed by atoms with Crippen LogP contribution in [0.1, 0.15) is 29.2 Å². The van der Waals surface area contributed by atoms with E-state index in [0.717, 1.165) is 17.7 Å². The average Bonchev–Trinajstić information content (AvgIpc) is 3.21. The number of hydrogen-bond donors (Lipinski definition) is 2. The van der Waals surface area contributed by atoms with E-state index in [4.69, 9.17) is 4.74 Å². The maximum Gasteiger partial charge on any atom is 0.262 e. The minimum absolute atomic E-state index is 0.0113. The van der Waals surface area contributed by atoms with Crippen molar-refractivity contribution in [1.82, 2.24) is 9.80 Å². The van der Waals surface area contributed by atoms with Crippen LogP contribution < -0.4 is 10.1 Å². The van der Waals surface area contributed by atoms with Gasteiger partial charge >= 0.3 is 0 Å². The molecule has 4 rings (SSSR count). The van der Waals surface area contributed by atoms with E-state index in [9.17, 15) is 20.0 Å². The van der Waals surface area contributed by atoms with Gasteiger partial charge in [-0.1, -0.05) is 18.2 Å². The molecule has 0 aromatic heterocycles. The number of nitriles is 1. The molecule has 166 valence electrons. The summed E-state index contributed by atoms with van der Waals surface area (Å²) in [6.07, 6.45) is 0.525. The Balaban J connectivity index is 1.53. The minimum atomic E-state index is -0.352. The van der Waals surface area contributed by atoms with E-state index in [1.165, 1.54) is 0 Å². The molecule has 8 nitrogen and oxygen atoms in total. The molecule has 1 unspecified atom stereocenters. The molecular weight excluding hydrogens is 408 g/mol. The van der Waals surface area contributed by atoms with Crippen LogP contribution in [-0.4, -0.2) is 66.1 Å². The van der Waals surface area contributed by atoms with E-state index in [1.807, 2.05) is 24.3 Å². The molecule has 2 amide bonds. The van der Waals surface area contributed by atoms with Crippen LogP contribution in [0.4, 0.5) is 5.69 Å². The number of likely N-dealkylation sites (N-methyl/N-ethyl adjacent to an activating group) is 1. The topological polar surface area (TPSA) is 106 Å². The number of hydrogen-bond acceptors (Lipinski definition) is 6. The number of amides is 2. The molecule has 8 heteroatoms. The molecular formula is C24H26N4O4. The molecule has 2 aromatic carbocycles. The fourth-order valence-corrected chi connectivity index (χ4v) is 4.20. The van der Waals surface area contributed by atoms with E-state index < -0.39 is 0 Å². The van der Waals surface area contributed by atoms with Crippen LogP contribution >= 0.6 is 0 Å². The number of aliphatic hydroxyl groups is 1. The summed E-state index contributed by atoms with van der Waals surface area (Å²) >= 11 is 0. The maximum atomic E-state index is 13.2. The van der Waals surface area contributed by atoms with Gasteiger partial charge in [0.05, 0.1) is 35.9 Å². The Bertz CT molecular complexity index is 1060. The normalized spacial score (nSPS) is 18.8. The van der Waals surface area contributed by atoms with Gasteiger partial charge in [-0.25, -0.2) is 0 Å². The van der Waals surface area contributed by atoms with Gasteiger partial charge in [0.1, 0.15) is 5.75 Å². The van der Waals surface area contributed by atoms with Crippen LogP contribution in [0.15, 0.2) is 42.5 Å². The molecule has 2 heterocycles. The maximum absolute atomic E-state index is 13.2. The summed E-state index contributed by atoms with van der Waals surface area (Å²) in [6, 6.07) is 14.5. The molecule has 0 aliphatic carbocycles. The summed E-state index contributed by atoms with van der Waals surface area (Å²) in [5.41, 5.74) is 2.76. The predicted molar refractivity (Wildman–Crippen MR) is 118 cm³/mol. The van der Waals surface area contributed by atoms with E-state index in [2.05, 4.69) is 16.3 Å². The highest BCUT2D eigenvalue weighted by Crippen LogP contribution is 2.29. The molecule has 2 aliphatic rings. The second-order valence-electron chi connectivity index (χ2n) is 8.30. The highest BCUT2D eigenvalue weighted by molar-refractivity contribution is 5.95. The number of fused-ring (bicyclic) bond motifs is 1. The van der Waals surface area contributed by atoms with Gasteiger partial charge in [-0.15, -0.1) is 0 Å². The van der Waals surface area contributed by atoms with Crippen molar-refractivity contribution in [2.24, 2.45) is 0 Å². The third-order valence-corrected chi connectivity index (χ3v) is 5.97. The first-order valence-corrected chi connectivity index (χ1v) is 10.6. The van der Waals surface area contributed by atoms with Crippen molar-refractivity contribution in [2.45, 2.75) is 25.0 Å². The van der Waals surface area contributed by atoms with Crippen LogP contribution in [0.25, 0.3) is 0 Å². The Morgan fingerprint density at radius 2 is 2.22 bits per heavy atom. The molecule has 0 radical (unpaired) electrons. The molecule has 32 heavy (non-hydrogen) atoms. The van der Waals surface area contributed by atoms with Crippen molar-refractivity contribution in [3.8, 4) is 11.8 Å². The van der Waals surface area contributed by atoms with Crippen molar-refractivity contribution in [3.05, 3.63) is 59.2 Å². The summed E-state index contributed by atoms with van der Waals surface area (Å²) in [5, 5.41) is 22.0. The van der Waals surface area contributed by atoms with Crippen molar-refractivity contribution in [3.63, 3.8) is 0 Å². The molecule has 1 fully saturated rings. The zero-order chi connectivity index (χ0) is 22.7. The molecule has 2 aliphatic heterocycles. The number of nitrogens with zero attached hydrogens (tertiary/aromatic N) is 3.